The predicted octanol–water partition coefficient (Wildman–Crippen LogP) is 4.06. The molecule has 0 N–H and O–H groups in total. The SMILES string of the molecule is COC(=O)[C@H]1[C@@H](c2ccc(I)c(I)c2)C[C@@H]2CC[C@H]1N2C.Cl. The molecule has 0 aromatic heterocycles. The average Bonchev–Trinajstić information content (AvgIpc) is 2.72. The fourth-order valence-corrected chi connectivity index (χ4v) is 4.88. The van der Waals surface area contributed by atoms with Crippen LogP contribution >= 0.6 is 57.6 Å². The molecule has 3 nitrogen and oxygen atoms in total. The van der Waals surface area contributed by atoms with Gasteiger partial charge in [-0.3, -0.25) is 9.69 Å². The summed E-state index contributed by atoms with van der Waals surface area (Å²) in [6, 6.07) is 7.53. The number of methoxy groups -OCH3 is 1. The summed E-state index contributed by atoms with van der Waals surface area (Å²) >= 11 is 4.73. The van der Waals surface area contributed by atoms with Gasteiger partial charge in [0.15, 0.2) is 0 Å². The topological polar surface area (TPSA) is 29.5 Å². The molecule has 0 amide bonds. The number of ether oxygens (including phenoxy) is 1. The summed E-state index contributed by atoms with van der Waals surface area (Å²) < 4.78 is 7.66. The fourth-order valence-electron chi connectivity index (χ4n) is 4.01. The van der Waals surface area contributed by atoms with Gasteiger partial charge in [-0.1, -0.05) is 6.07 Å². The van der Waals surface area contributed by atoms with Crippen LogP contribution in [0.2, 0.25) is 0 Å². The maximum absolute atomic E-state index is 12.4. The van der Waals surface area contributed by atoms with Crippen molar-refractivity contribution < 1.29 is 9.53 Å². The van der Waals surface area contributed by atoms with Crippen LogP contribution in [-0.2, 0) is 9.53 Å². The Labute approximate surface area is 165 Å². The molecule has 22 heavy (non-hydrogen) atoms. The van der Waals surface area contributed by atoms with Gasteiger partial charge < -0.3 is 4.74 Å². The van der Waals surface area contributed by atoms with Crippen molar-refractivity contribution in [3.8, 4) is 0 Å². The zero-order chi connectivity index (χ0) is 15.1. The van der Waals surface area contributed by atoms with Crippen LogP contribution in [0.25, 0.3) is 0 Å². The molecular weight excluding hydrogens is 527 g/mol. The number of rotatable bonds is 2. The predicted molar refractivity (Wildman–Crippen MR) is 107 cm³/mol. The maximum Gasteiger partial charge on any atom is 0.310 e. The number of esters is 1. The number of piperidine rings is 1. The van der Waals surface area contributed by atoms with E-state index in [1.807, 2.05) is 0 Å². The second-order valence-electron chi connectivity index (χ2n) is 6.03. The molecule has 1 aromatic rings. The molecule has 0 saturated carbocycles. The zero-order valence-corrected chi connectivity index (χ0v) is 17.7. The van der Waals surface area contributed by atoms with E-state index in [-0.39, 0.29) is 30.2 Å². The lowest BCUT2D eigenvalue weighted by Gasteiger charge is -2.41. The molecule has 6 heteroatoms. The van der Waals surface area contributed by atoms with Crippen molar-refractivity contribution in [1.82, 2.24) is 4.90 Å². The van der Waals surface area contributed by atoms with Crippen molar-refractivity contribution in [2.75, 3.05) is 14.2 Å². The first-order valence-corrected chi connectivity index (χ1v) is 9.43. The van der Waals surface area contributed by atoms with Crippen LogP contribution in [0.15, 0.2) is 18.2 Å². The monoisotopic (exact) mass is 547 g/mol. The van der Waals surface area contributed by atoms with Crippen LogP contribution in [0.4, 0.5) is 0 Å². The van der Waals surface area contributed by atoms with E-state index in [4.69, 9.17) is 4.74 Å². The Balaban J connectivity index is 0.00000176. The van der Waals surface area contributed by atoms with Crippen molar-refractivity contribution in [3.63, 3.8) is 0 Å². The Hall–Kier alpha value is 0.400. The fraction of sp³-hybridized carbons (Fsp3) is 0.562. The van der Waals surface area contributed by atoms with Crippen molar-refractivity contribution in [1.29, 1.82) is 0 Å². The molecule has 4 atom stereocenters. The van der Waals surface area contributed by atoms with E-state index in [0.29, 0.717) is 12.1 Å². The highest BCUT2D eigenvalue weighted by molar-refractivity contribution is 14.1. The summed E-state index contributed by atoms with van der Waals surface area (Å²) in [5.41, 5.74) is 1.29. The first-order chi connectivity index (χ1) is 10.0. The Bertz CT molecular complexity index is 569. The molecule has 2 aliphatic heterocycles. The lowest BCUT2D eigenvalue weighted by molar-refractivity contribution is -0.150. The molecule has 0 spiro atoms. The summed E-state index contributed by atoms with van der Waals surface area (Å²) in [5.74, 6) is 0.206. The van der Waals surface area contributed by atoms with Gasteiger partial charge in [0.25, 0.3) is 0 Å². The molecule has 0 radical (unpaired) electrons. The smallest absolute Gasteiger partial charge is 0.310 e. The van der Waals surface area contributed by atoms with Gasteiger partial charge in [0.2, 0.25) is 0 Å². The van der Waals surface area contributed by atoms with Gasteiger partial charge in [-0.25, -0.2) is 0 Å². The zero-order valence-electron chi connectivity index (χ0n) is 12.6. The number of halogens is 3. The highest BCUT2D eigenvalue weighted by Gasteiger charge is 2.49. The quantitative estimate of drug-likeness (QED) is 0.414. The highest BCUT2D eigenvalue weighted by Crippen LogP contribution is 2.46. The van der Waals surface area contributed by atoms with Gasteiger partial charge in [-0.2, -0.15) is 0 Å². The van der Waals surface area contributed by atoms with Gasteiger partial charge in [0, 0.05) is 25.1 Å². The molecular formula is C16H20ClI2NO2. The van der Waals surface area contributed by atoms with Crippen LogP contribution < -0.4 is 0 Å². The normalized spacial score (nSPS) is 30.7. The van der Waals surface area contributed by atoms with E-state index in [1.54, 1.807) is 0 Å². The number of carbonyl (C=O) groups excluding carboxylic acids is 1. The van der Waals surface area contributed by atoms with Gasteiger partial charge in [0.1, 0.15) is 0 Å². The van der Waals surface area contributed by atoms with E-state index in [2.05, 4.69) is 75.3 Å². The third kappa shape index (κ3) is 3.28. The Morgan fingerprint density at radius 1 is 1.27 bits per heavy atom. The van der Waals surface area contributed by atoms with Gasteiger partial charge >= 0.3 is 5.97 Å². The van der Waals surface area contributed by atoms with Gasteiger partial charge in [-0.05, 0) is 89.2 Å². The minimum atomic E-state index is -0.0502. The summed E-state index contributed by atoms with van der Waals surface area (Å²) in [6.07, 6.45) is 3.37. The number of benzene rings is 1. The van der Waals surface area contributed by atoms with Crippen molar-refractivity contribution in [2.45, 2.75) is 37.3 Å². The largest absolute Gasteiger partial charge is 0.469 e. The summed E-state index contributed by atoms with van der Waals surface area (Å²) in [7, 11) is 3.67. The standard InChI is InChI=1S/C16H19I2NO2.ClH/c1-19-10-4-6-14(19)15(16(20)21-2)11(8-10)9-3-5-12(17)13(18)7-9;/h3,5,7,10-11,14-15H,4,6,8H2,1-2H3;1H/t10-,11+,14+,15-;/m0./s1. The van der Waals surface area contributed by atoms with E-state index in [0.717, 1.165) is 12.8 Å². The Kier molecular flexibility index (Phi) is 6.41. The first kappa shape index (κ1) is 18.7. The first-order valence-electron chi connectivity index (χ1n) is 7.27. The third-order valence-electron chi connectivity index (χ3n) is 5.11. The van der Waals surface area contributed by atoms with Crippen molar-refractivity contribution >= 4 is 63.6 Å². The van der Waals surface area contributed by atoms with E-state index < -0.39 is 0 Å². The van der Waals surface area contributed by atoms with Gasteiger partial charge in [-0.15, -0.1) is 12.4 Å². The molecule has 122 valence electrons. The molecule has 2 bridgehead atoms. The number of hydrogen-bond acceptors (Lipinski definition) is 3. The van der Waals surface area contributed by atoms with Crippen molar-refractivity contribution in [2.24, 2.45) is 5.92 Å². The molecule has 0 aliphatic carbocycles. The van der Waals surface area contributed by atoms with Gasteiger partial charge in [0.05, 0.1) is 13.0 Å². The number of hydrogen-bond donors (Lipinski definition) is 0. The third-order valence-corrected chi connectivity index (χ3v) is 7.98. The molecule has 3 rings (SSSR count). The molecule has 2 aliphatic rings. The molecule has 0 unspecified atom stereocenters. The van der Waals surface area contributed by atoms with Crippen LogP contribution in [0.5, 0.6) is 0 Å². The lowest BCUT2D eigenvalue weighted by Crippen LogP contribution is -2.49. The van der Waals surface area contributed by atoms with Crippen LogP contribution in [0.1, 0.15) is 30.7 Å². The molecule has 2 saturated heterocycles. The number of nitrogens with zero attached hydrogens (tertiary/aromatic N) is 1. The van der Waals surface area contributed by atoms with Crippen LogP contribution in [0, 0.1) is 13.1 Å². The summed E-state index contributed by atoms with van der Waals surface area (Å²) in [4.78, 5) is 14.8. The summed E-state index contributed by atoms with van der Waals surface area (Å²) in [5, 5.41) is 0. The lowest BCUT2D eigenvalue weighted by atomic mass is 9.76. The number of fused-ring (bicyclic) bond motifs is 2. The summed E-state index contributed by atoms with van der Waals surface area (Å²) in [6.45, 7) is 0. The maximum atomic E-state index is 12.4. The Morgan fingerprint density at radius 3 is 2.64 bits per heavy atom. The molecule has 1 aromatic carbocycles. The van der Waals surface area contributed by atoms with E-state index in [1.165, 1.54) is 26.2 Å². The molecule has 2 fully saturated rings. The van der Waals surface area contributed by atoms with Crippen molar-refractivity contribution in [3.05, 3.63) is 30.9 Å². The van der Waals surface area contributed by atoms with E-state index >= 15 is 0 Å². The van der Waals surface area contributed by atoms with Crippen LogP contribution in [0.3, 0.4) is 0 Å². The second kappa shape index (κ2) is 7.53. The Morgan fingerprint density at radius 2 is 2.00 bits per heavy atom. The minimum Gasteiger partial charge on any atom is -0.469 e. The average molecular weight is 548 g/mol. The minimum absolute atomic E-state index is 0. The second-order valence-corrected chi connectivity index (χ2v) is 8.35. The number of carbonyl (C=O) groups is 1. The van der Waals surface area contributed by atoms with Crippen LogP contribution in [-0.4, -0.2) is 37.1 Å². The molecule has 2 heterocycles. The van der Waals surface area contributed by atoms with E-state index in [9.17, 15) is 4.79 Å². The highest BCUT2D eigenvalue weighted by atomic mass is 127.